The van der Waals surface area contributed by atoms with Gasteiger partial charge in [-0.05, 0) is 41.0 Å². The van der Waals surface area contributed by atoms with Crippen LogP contribution in [0.4, 0.5) is 0 Å². The van der Waals surface area contributed by atoms with E-state index in [-0.39, 0.29) is 0 Å². The molecule has 94 valence electrons. The highest BCUT2D eigenvalue weighted by Gasteiger charge is 2.18. The van der Waals surface area contributed by atoms with Crippen LogP contribution in [0.15, 0.2) is 46.9 Å². The van der Waals surface area contributed by atoms with Crippen LogP contribution in [0.5, 0.6) is 0 Å². The number of hydrogen-bond donors (Lipinski definition) is 0. The molecule has 2 nitrogen and oxygen atoms in total. The zero-order chi connectivity index (χ0) is 13.2. The SMILES string of the molecule is N#Cc1cccc(CN2Cc3ccc(Br)cc3C2)c1. The number of halogens is 1. The van der Waals surface area contributed by atoms with Gasteiger partial charge < -0.3 is 0 Å². The predicted molar refractivity (Wildman–Crippen MR) is 78.3 cm³/mol. The molecule has 0 amide bonds. The van der Waals surface area contributed by atoms with E-state index in [0.717, 1.165) is 29.7 Å². The second-order valence-electron chi connectivity index (χ2n) is 4.87. The van der Waals surface area contributed by atoms with Crippen LogP contribution in [0.2, 0.25) is 0 Å². The average Bonchev–Trinajstić information content (AvgIpc) is 2.80. The Morgan fingerprint density at radius 1 is 1.11 bits per heavy atom. The molecular weight excluding hydrogens is 300 g/mol. The molecule has 0 spiro atoms. The molecule has 0 N–H and O–H groups in total. The van der Waals surface area contributed by atoms with Gasteiger partial charge in [0.15, 0.2) is 0 Å². The highest BCUT2D eigenvalue weighted by Crippen LogP contribution is 2.27. The van der Waals surface area contributed by atoms with E-state index >= 15 is 0 Å². The lowest BCUT2D eigenvalue weighted by Crippen LogP contribution is -2.15. The molecule has 2 aromatic rings. The van der Waals surface area contributed by atoms with Crippen LogP contribution < -0.4 is 0 Å². The maximum absolute atomic E-state index is 8.93. The summed E-state index contributed by atoms with van der Waals surface area (Å²) in [5.74, 6) is 0. The lowest BCUT2D eigenvalue weighted by molar-refractivity contribution is 0.275. The summed E-state index contributed by atoms with van der Waals surface area (Å²) in [6.45, 7) is 2.85. The Kier molecular flexibility index (Phi) is 3.37. The molecule has 1 aliphatic heterocycles. The predicted octanol–water partition coefficient (Wildman–Crippen LogP) is 3.84. The van der Waals surface area contributed by atoms with Crippen molar-refractivity contribution >= 4 is 15.9 Å². The lowest BCUT2D eigenvalue weighted by Gasteiger charge is -2.14. The first-order chi connectivity index (χ1) is 9.24. The number of fused-ring (bicyclic) bond motifs is 1. The third kappa shape index (κ3) is 2.70. The molecule has 0 unspecified atom stereocenters. The molecule has 19 heavy (non-hydrogen) atoms. The molecule has 1 heterocycles. The van der Waals surface area contributed by atoms with Gasteiger partial charge in [0.1, 0.15) is 0 Å². The van der Waals surface area contributed by atoms with Gasteiger partial charge in [0.25, 0.3) is 0 Å². The van der Waals surface area contributed by atoms with Gasteiger partial charge in [0.05, 0.1) is 11.6 Å². The summed E-state index contributed by atoms with van der Waals surface area (Å²) in [5, 5.41) is 8.93. The van der Waals surface area contributed by atoms with E-state index in [1.165, 1.54) is 16.7 Å². The minimum atomic E-state index is 0.733. The van der Waals surface area contributed by atoms with Crippen LogP contribution in [0, 0.1) is 11.3 Å². The van der Waals surface area contributed by atoms with Gasteiger partial charge in [-0.2, -0.15) is 5.26 Å². The van der Waals surface area contributed by atoms with Crippen molar-refractivity contribution in [3.8, 4) is 6.07 Å². The van der Waals surface area contributed by atoms with E-state index in [2.05, 4.69) is 51.2 Å². The Morgan fingerprint density at radius 3 is 2.79 bits per heavy atom. The fourth-order valence-corrected chi connectivity index (χ4v) is 2.95. The smallest absolute Gasteiger partial charge is 0.0991 e. The molecular formula is C16H13BrN2. The normalized spacial score (nSPS) is 14.1. The van der Waals surface area contributed by atoms with Gasteiger partial charge in [-0.15, -0.1) is 0 Å². The highest BCUT2D eigenvalue weighted by atomic mass is 79.9. The molecule has 3 heteroatoms. The van der Waals surface area contributed by atoms with Crippen molar-refractivity contribution in [1.82, 2.24) is 4.90 Å². The molecule has 0 saturated carbocycles. The van der Waals surface area contributed by atoms with Crippen LogP contribution in [-0.4, -0.2) is 4.90 Å². The van der Waals surface area contributed by atoms with Crippen LogP contribution in [-0.2, 0) is 19.6 Å². The van der Waals surface area contributed by atoms with E-state index in [1.807, 2.05) is 18.2 Å². The zero-order valence-electron chi connectivity index (χ0n) is 10.4. The summed E-state index contributed by atoms with van der Waals surface area (Å²) < 4.78 is 1.14. The van der Waals surface area contributed by atoms with Crippen molar-refractivity contribution in [2.24, 2.45) is 0 Å². The molecule has 0 radical (unpaired) electrons. The monoisotopic (exact) mass is 312 g/mol. The van der Waals surface area contributed by atoms with E-state index in [9.17, 15) is 0 Å². The van der Waals surface area contributed by atoms with Gasteiger partial charge in [-0.1, -0.05) is 34.1 Å². The van der Waals surface area contributed by atoms with E-state index in [0.29, 0.717) is 0 Å². The maximum Gasteiger partial charge on any atom is 0.0991 e. The molecule has 0 fully saturated rings. The minimum absolute atomic E-state index is 0.733. The summed E-state index contributed by atoms with van der Waals surface area (Å²) in [7, 11) is 0. The quantitative estimate of drug-likeness (QED) is 0.842. The minimum Gasteiger partial charge on any atom is -0.291 e. The van der Waals surface area contributed by atoms with Crippen molar-refractivity contribution in [3.05, 3.63) is 69.2 Å². The van der Waals surface area contributed by atoms with E-state index < -0.39 is 0 Å². The first kappa shape index (κ1) is 12.4. The van der Waals surface area contributed by atoms with Crippen LogP contribution >= 0.6 is 15.9 Å². The number of rotatable bonds is 2. The number of hydrogen-bond acceptors (Lipinski definition) is 2. The number of nitriles is 1. The average molecular weight is 313 g/mol. The van der Waals surface area contributed by atoms with Crippen LogP contribution in [0.1, 0.15) is 22.3 Å². The van der Waals surface area contributed by atoms with E-state index in [4.69, 9.17) is 5.26 Å². The Morgan fingerprint density at radius 2 is 1.95 bits per heavy atom. The number of nitrogens with zero attached hydrogens (tertiary/aromatic N) is 2. The molecule has 3 rings (SSSR count). The molecule has 0 atom stereocenters. The Bertz CT molecular complexity index is 658. The first-order valence-corrected chi connectivity index (χ1v) is 7.02. The summed E-state index contributed by atoms with van der Waals surface area (Å²) in [4.78, 5) is 2.40. The molecule has 0 saturated heterocycles. The summed E-state index contributed by atoms with van der Waals surface area (Å²) >= 11 is 3.52. The largest absolute Gasteiger partial charge is 0.291 e. The summed E-state index contributed by atoms with van der Waals surface area (Å²) in [6, 6.07) is 16.5. The third-order valence-electron chi connectivity index (χ3n) is 3.42. The van der Waals surface area contributed by atoms with Gasteiger partial charge in [-0.3, -0.25) is 4.90 Å². The van der Waals surface area contributed by atoms with Crippen LogP contribution in [0.3, 0.4) is 0 Å². The second-order valence-corrected chi connectivity index (χ2v) is 5.79. The summed E-state index contributed by atoms with van der Waals surface area (Å²) in [6.07, 6.45) is 0. The topological polar surface area (TPSA) is 27.0 Å². The van der Waals surface area contributed by atoms with Crippen LogP contribution in [0.25, 0.3) is 0 Å². The Hall–Kier alpha value is -1.63. The molecule has 2 aromatic carbocycles. The Balaban J connectivity index is 1.75. The van der Waals surface area contributed by atoms with Gasteiger partial charge >= 0.3 is 0 Å². The van der Waals surface area contributed by atoms with Crippen molar-refractivity contribution < 1.29 is 0 Å². The first-order valence-electron chi connectivity index (χ1n) is 6.23. The van der Waals surface area contributed by atoms with Crippen molar-refractivity contribution in [2.45, 2.75) is 19.6 Å². The molecule has 0 bridgehead atoms. The van der Waals surface area contributed by atoms with Gasteiger partial charge in [0, 0.05) is 24.1 Å². The summed E-state index contributed by atoms with van der Waals surface area (Å²) in [5.41, 5.74) is 4.73. The Labute approximate surface area is 121 Å². The molecule has 1 aliphatic rings. The van der Waals surface area contributed by atoms with E-state index in [1.54, 1.807) is 0 Å². The van der Waals surface area contributed by atoms with Gasteiger partial charge in [0.2, 0.25) is 0 Å². The maximum atomic E-state index is 8.93. The zero-order valence-corrected chi connectivity index (χ0v) is 12.0. The lowest BCUT2D eigenvalue weighted by atomic mass is 10.1. The third-order valence-corrected chi connectivity index (χ3v) is 3.91. The van der Waals surface area contributed by atoms with Crippen molar-refractivity contribution in [3.63, 3.8) is 0 Å². The fraction of sp³-hybridized carbons (Fsp3) is 0.188. The highest BCUT2D eigenvalue weighted by molar-refractivity contribution is 9.10. The van der Waals surface area contributed by atoms with Crippen molar-refractivity contribution in [1.29, 1.82) is 5.26 Å². The molecule has 0 aromatic heterocycles. The van der Waals surface area contributed by atoms with Crippen molar-refractivity contribution in [2.75, 3.05) is 0 Å². The second kappa shape index (κ2) is 5.16. The standard InChI is InChI=1S/C16H13BrN2/c17-16-5-4-14-10-19(11-15(14)7-16)9-13-3-1-2-12(6-13)8-18/h1-7H,9-11H2. The van der Waals surface area contributed by atoms with Gasteiger partial charge in [-0.25, -0.2) is 0 Å². The molecule has 0 aliphatic carbocycles. The fourth-order valence-electron chi connectivity index (χ4n) is 2.54. The number of benzene rings is 2.